The first kappa shape index (κ1) is 17.5. The van der Waals surface area contributed by atoms with Gasteiger partial charge in [0.05, 0.1) is 6.54 Å². The largest absolute Gasteiger partial charge is 0.351 e. The minimum Gasteiger partial charge on any atom is -0.351 e. The molecule has 2 amide bonds. The minimum atomic E-state index is -0.323. The molecular formula is C15H23ClN3O2+. The Morgan fingerprint density at radius 1 is 1.33 bits per heavy atom. The number of carbonyl (C=O) groups is 2. The third-order valence-electron chi connectivity index (χ3n) is 3.31. The van der Waals surface area contributed by atoms with Crippen LogP contribution in [0.15, 0.2) is 24.3 Å². The van der Waals surface area contributed by atoms with E-state index in [1.165, 1.54) is 0 Å². The second-order valence-corrected chi connectivity index (χ2v) is 5.30. The topological polar surface area (TPSA) is 62.6 Å². The number of benzene rings is 1. The number of anilines is 1. The van der Waals surface area contributed by atoms with Crippen LogP contribution in [0.25, 0.3) is 0 Å². The van der Waals surface area contributed by atoms with Gasteiger partial charge in [0.1, 0.15) is 0 Å². The molecule has 0 saturated carbocycles. The van der Waals surface area contributed by atoms with E-state index < -0.39 is 0 Å². The monoisotopic (exact) mass is 312 g/mol. The van der Waals surface area contributed by atoms with Crippen molar-refractivity contribution in [3.8, 4) is 0 Å². The molecule has 0 heterocycles. The van der Waals surface area contributed by atoms with Crippen LogP contribution in [-0.2, 0) is 9.59 Å². The summed E-state index contributed by atoms with van der Waals surface area (Å²) in [5.41, 5.74) is 0.660. The predicted octanol–water partition coefficient (Wildman–Crippen LogP) is 0.708. The Balaban J connectivity index is 2.64. The van der Waals surface area contributed by atoms with Crippen molar-refractivity contribution in [2.45, 2.75) is 26.8 Å². The van der Waals surface area contributed by atoms with E-state index in [4.69, 9.17) is 11.6 Å². The van der Waals surface area contributed by atoms with Gasteiger partial charge in [0.2, 0.25) is 0 Å². The Morgan fingerprint density at radius 3 is 2.62 bits per heavy atom. The number of nitrogens with one attached hydrogen (secondary N) is 3. The number of hydrogen-bond donors (Lipinski definition) is 3. The molecule has 0 spiro atoms. The average Bonchev–Trinajstić information content (AvgIpc) is 2.44. The normalized spacial score (nSPS) is 13.3. The van der Waals surface area contributed by atoms with Crippen LogP contribution in [-0.4, -0.2) is 37.5 Å². The molecular weight excluding hydrogens is 290 g/mol. The number of hydrogen-bond acceptors (Lipinski definition) is 2. The van der Waals surface area contributed by atoms with E-state index in [9.17, 15) is 9.59 Å². The molecule has 1 aromatic rings. The van der Waals surface area contributed by atoms with Gasteiger partial charge in [-0.2, -0.15) is 0 Å². The lowest BCUT2D eigenvalue weighted by molar-refractivity contribution is -0.904. The highest BCUT2D eigenvalue weighted by atomic mass is 35.5. The second-order valence-electron chi connectivity index (χ2n) is 4.86. The summed E-state index contributed by atoms with van der Waals surface area (Å²) < 4.78 is 0. The summed E-state index contributed by atoms with van der Waals surface area (Å²) in [5, 5.41) is 6.15. The molecule has 6 heteroatoms. The van der Waals surface area contributed by atoms with Crippen molar-refractivity contribution >= 4 is 29.1 Å². The van der Waals surface area contributed by atoms with Crippen LogP contribution in [0.1, 0.15) is 20.8 Å². The van der Waals surface area contributed by atoms with Gasteiger partial charge in [-0.25, -0.2) is 0 Å². The van der Waals surface area contributed by atoms with E-state index in [2.05, 4.69) is 10.6 Å². The Bertz CT molecular complexity index is 494. The number of rotatable bonds is 7. The number of likely N-dealkylation sites (N-methyl/N-ethyl adjacent to an activating group) is 2. The fourth-order valence-electron chi connectivity index (χ4n) is 2.05. The molecule has 5 nitrogen and oxygen atoms in total. The molecule has 1 rings (SSSR count). The first-order chi connectivity index (χ1) is 9.97. The van der Waals surface area contributed by atoms with Gasteiger partial charge in [-0.3, -0.25) is 9.59 Å². The van der Waals surface area contributed by atoms with E-state index in [1.807, 2.05) is 20.8 Å². The summed E-state index contributed by atoms with van der Waals surface area (Å²) in [6.45, 7) is 7.23. The highest BCUT2D eigenvalue weighted by Crippen LogP contribution is 2.14. The van der Waals surface area contributed by atoms with Crippen LogP contribution in [0.2, 0.25) is 5.02 Å². The number of halogens is 1. The van der Waals surface area contributed by atoms with Gasteiger partial charge < -0.3 is 15.5 Å². The van der Waals surface area contributed by atoms with E-state index in [0.29, 0.717) is 23.8 Å². The van der Waals surface area contributed by atoms with E-state index in [1.54, 1.807) is 24.3 Å². The highest BCUT2D eigenvalue weighted by molar-refractivity contribution is 6.30. The molecule has 0 aliphatic heterocycles. The van der Waals surface area contributed by atoms with Crippen LogP contribution in [0.4, 0.5) is 5.69 Å². The van der Waals surface area contributed by atoms with Gasteiger partial charge in [0.15, 0.2) is 12.6 Å². The molecule has 0 fully saturated rings. The maximum absolute atomic E-state index is 12.3. The van der Waals surface area contributed by atoms with E-state index in [-0.39, 0.29) is 24.4 Å². The summed E-state index contributed by atoms with van der Waals surface area (Å²) >= 11 is 5.89. The van der Waals surface area contributed by atoms with Gasteiger partial charge in [-0.1, -0.05) is 17.7 Å². The lowest BCUT2D eigenvalue weighted by Crippen LogP contribution is -3.17. The Labute approximate surface area is 130 Å². The molecule has 21 heavy (non-hydrogen) atoms. The second kappa shape index (κ2) is 8.64. The molecule has 1 aromatic carbocycles. The number of carbonyl (C=O) groups excluding carboxylic acids is 2. The van der Waals surface area contributed by atoms with Crippen molar-refractivity contribution in [2.75, 3.05) is 25.0 Å². The fraction of sp³-hybridized carbons (Fsp3) is 0.467. The minimum absolute atomic E-state index is 0.0447. The quantitative estimate of drug-likeness (QED) is 0.694. The summed E-state index contributed by atoms with van der Waals surface area (Å²) in [5.74, 6) is -0.171. The van der Waals surface area contributed by atoms with Gasteiger partial charge in [0, 0.05) is 17.3 Å². The predicted molar refractivity (Wildman–Crippen MR) is 84.6 cm³/mol. The molecule has 0 radical (unpaired) electrons. The molecule has 0 aliphatic rings. The zero-order valence-electron chi connectivity index (χ0n) is 12.7. The number of amides is 2. The van der Waals surface area contributed by atoms with Crippen LogP contribution in [0.5, 0.6) is 0 Å². The Hall–Kier alpha value is -1.59. The van der Waals surface area contributed by atoms with Gasteiger partial charge in [-0.05, 0) is 39.0 Å². The smallest absolute Gasteiger partial charge is 0.282 e. The average molecular weight is 313 g/mol. The molecule has 0 aromatic heterocycles. The molecule has 2 atom stereocenters. The van der Waals surface area contributed by atoms with Crippen molar-refractivity contribution in [3.05, 3.63) is 29.3 Å². The Morgan fingerprint density at radius 2 is 2.05 bits per heavy atom. The van der Waals surface area contributed by atoms with Gasteiger partial charge >= 0.3 is 0 Å². The summed E-state index contributed by atoms with van der Waals surface area (Å²) in [7, 11) is 0. The summed E-state index contributed by atoms with van der Waals surface area (Å²) in [6, 6.07) is 6.69. The van der Waals surface area contributed by atoms with Crippen molar-refractivity contribution in [3.63, 3.8) is 0 Å². The highest BCUT2D eigenvalue weighted by Gasteiger charge is 2.25. The maximum Gasteiger partial charge on any atom is 0.282 e. The van der Waals surface area contributed by atoms with Crippen LogP contribution < -0.4 is 15.5 Å². The zero-order chi connectivity index (χ0) is 15.8. The first-order valence-electron chi connectivity index (χ1n) is 7.15. The third kappa shape index (κ3) is 5.73. The molecule has 0 bridgehead atoms. The summed E-state index contributed by atoms with van der Waals surface area (Å²) in [4.78, 5) is 24.8. The van der Waals surface area contributed by atoms with Crippen molar-refractivity contribution in [2.24, 2.45) is 0 Å². The van der Waals surface area contributed by atoms with Crippen molar-refractivity contribution in [1.82, 2.24) is 5.32 Å². The van der Waals surface area contributed by atoms with Crippen molar-refractivity contribution < 1.29 is 14.5 Å². The van der Waals surface area contributed by atoms with Gasteiger partial charge in [-0.15, -0.1) is 0 Å². The van der Waals surface area contributed by atoms with Gasteiger partial charge in [0.25, 0.3) is 11.8 Å². The van der Waals surface area contributed by atoms with Crippen LogP contribution >= 0.6 is 11.6 Å². The SMILES string of the molecule is CCNC(=O)C[NH+](CC)[C@H](C)C(=O)Nc1cccc(Cl)c1. The lowest BCUT2D eigenvalue weighted by atomic mass is 10.2. The van der Waals surface area contributed by atoms with E-state index in [0.717, 1.165) is 4.90 Å². The molecule has 0 aliphatic carbocycles. The van der Waals surface area contributed by atoms with Crippen LogP contribution in [0, 0.1) is 0 Å². The standard InChI is InChI=1S/C15H22ClN3O2/c1-4-17-14(20)10-19(5-2)11(3)15(21)18-13-8-6-7-12(16)9-13/h6-9,11H,4-5,10H2,1-3H3,(H,17,20)(H,18,21)/p+1/t11-/m1/s1. The van der Waals surface area contributed by atoms with E-state index >= 15 is 0 Å². The first-order valence-corrected chi connectivity index (χ1v) is 7.53. The third-order valence-corrected chi connectivity index (χ3v) is 3.55. The van der Waals surface area contributed by atoms with Crippen molar-refractivity contribution in [1.29, 1.82) is 0 Å². The maximum atomic E-state index is 12.3. The molecule has 0 saturated heterocycles. The molecule has 3 N–H and O–H groups in total. The summed E-state index contributed by atoms with van der Waals surface area (Å²) in [6.07, 6.45) is 0. The molecule has 116 valence electrons. The van der Waals surface area contributed by atoms with Crippen LogP contribution in [0.3, 0.4) is 0 Å². The zero-order valence-corrected chi connectivity index (χ0v) is 13.5. The lowest BCUT2D eigenvalue weighted by Gasteiger charge is -2.23. The molecule has 1 unspecified atom stereocenters. The Kier molecular flexibility index (Phi) is 7.19. The number of quaternary nitrogens is 1. The fourth-order valence-corrected chi connectivity index (χ4v) is 2.24.